The number of nitrogens with one attached hydrogen (secondary N) is 1. The van der Waals surface area contributed by atoms with E-state index in [2.05, 4.69) is 41.4 Å². The van der Waals surface area contributed by atoms with Crippen LogP contribution in [0.3, 0.4) is 0 Å². The Morgan fingerprint density at radius 1 is 1.28 bits per heavy atom. The second-order valence-corrected chi connectivity index (χ2v) is 4.81. The summed E-state index contributed by atoms with van der Waals surface area (Å²) in [5.74, 6) is 0.959. The third-order valence-corrected chi connectivity index (χ3v) is 3.38. The quantitative estimate of drug-likeness (QED) is 0.837. The van der Waals surface area contributed by atoms with Crippen molar-refractivity contribution in [2.75, 3.05) is 31.1 Å². The summed E-state index contributed by atoms with van der Waals surface area (Å²) in [5.41, 5.74) is 1.30. The van der Waals surface area contributed by atoms with Gasteiger partial charge in [0.1, 0.15) is 5.75 Å². The molecule has 1 unspecified atom stereocenters. The third kappa shape index (κ3) is 3.39. The second kappa shape index (κ2) is 6.64. The number of benzene rings is 1. The molecule has 1 aromatic carbocycles. The van der Waals surface area contributed by atoms with Crippen molar-refractivity contribution >= 4 is 5.69 Å². The maximum Gasteiger partial charge on any atom is 0.119 e. The van der Waals surface area contributed by atoms with Gasteiger partial charge in [0.15, 0.2) is 0 Å². The molecule has 1 atom stereocenters. The van der Waals surface area contributed by atoms with Crippen LogP contribution in [0.2, 0.25) is 0 Å². The Balaban J connectivity index is 1.88. The van der Waals surface area contributed by atoms with Gasteiger partial charge in [-0.2, -0.15) is 0 Å². The number of nitrogens with zero attached hydrogens (tertiary/aromatic N) is 1. The van der Waals surface area contributed by atoms with E-state index in [1.54, 1.807) is 0 Å². The van der Waals surface area contributed by atoms with E-state index in [-0.39, 0.29) is 0 Å². The van der Waals surface area contributed by atoms with E-state index >= 15 is 0 Å². The van der Waals surface area contributed by atoms with E-state index in [9.17, 15) is 0 Å². The molecule has 0 spiro atoms. The van der Waals surface area contributed by atoms with Gasteiger partial charge < -0.3 is 15.0 Å². The summed E-state index contributed by atoms with van der Waals surface area (Å²) in [6.07, 6.45) is 2.45. The van der Waals surface area contributed by atoms with E-state index in [4.69, 9.17) is 4.74 Å². The SMILES string of the molecule is CCCNC1CCN(c2ccc(OCC)cc2)C1. The first-order valence-corrected chi connectivity index (χ1v) is 7.04. The minimum Gasteiger partial charge on any atom is -0.494 e. The van der Waals surface area contributed by atoms with E-state index in [0.717, 1.165) is 32.0 Å². The summed E-state index contributed by atoms with van der Waals surface area (Å²) in [5, 5.41) is 3.60. The second-order valence-electron chi connectivity index (χ2n) is 4.81. The Bertz CT molecular complexity index is 350. The average Bonchev–Trinajstić information content (AvgIpc) is 2.86. The smallest absolute Gasteiger partial charge is 0.119 e. The fourth-order valence-electron chi connectivity index (χ4n) is 2.43. The van der Waals surface area contributed by atoms with Gasteiger partial charge in [0.05, 0.1) is 6.61 Å². The molecular formula is C15H24N2O. The number of hydrogen-bond acceptors (Lipinski definition) is 3. The van der Waals surface area contributed by atoms with Gasteiger partial charge in [-0.25, -0.2) is 0 Å². The number of anilines is 1. The largest absolute Gasteiger partial charge is 0.494 e. The highest BCUT2D eigenvalue weighted by atomic mass is 16.5. The molecule has 0 bridgehead atoms. The Morgan fingerprint density at radius 2 is 2.06 bits per heavy atom. The number of rotatable bonds is 6. The van der Waals surface area contributed by atoms with Gasteiger partial charge in [-0.1, -0.05) is 6.92 Å². The van der Waals surface area contributed by atoms with Crippen molar-refractivity contribution in [3.63, 3.8) is 0 Å². The first-order valence-electron chi connectivity index (χ1n) is 7.04. The van der Waals surface area contributed by atoms with Crippen molar-refractivity contribution in [1.82, 2.24) is 5.32 Å². The van der Waals surface area contributed by atoms with E-state index in [1.165, 1.54) is 18.5 Å². The van der Waals surface area contributed by atoms with Crippen LogP contribution in [-0.2, 0) is 0 Å². The van der Waals surface area contributed by atoms with Crippen LogP contribution < -0.4 is 15.0 Å². The number of ether oxygens (including phenoxy) is 1. The first kappa shape index (κ1) is 13.2. The molecular weight excluding hydrogens is 224 g/mol. The zero-order chi connectivity index (χ0) is 12.8. The average molecular weight is 248 g/mol. The molecule has 1 heterocycles. The van der Waals surface area contributed by atoms with Gasteiger partial charge in [-0.05, 0) is 50.6 Å². The molecule has 0 aromatic heterocycles. The molecule has 1 fully saturated rings. The van der Waals surface area contributed by atoms with Crippen molar-refractivity contribution in [3.8, 4) is 5.75 Å². The monoisotopic (exact) mass is 248 g/mol. The lowest BCUT2D eigenvalue weighted by Crippen LogP contribution is -2.32. The van der Waals surface area contributed by atoms with E-state index in [0.29, 0.717) is 6.04 Å². The molecule has 1 aliphatic rings. The summed E-state index contributed by atoms with van der Waals surface area (Å²) in [4.78, 5) is 2.45. The molecule has 0 aliphatic carbocycles. The number of hydrogen-bond donors (Lipinski definition) is 1. The van der Waals surface area contributed by atoms with Crippen LogP contribution in [0.15, 0.2) is 24.3 Å². The summed E-state index contributed by atoms with van der Waals surface area (Å²) in [6, 6.07) is 9.09. The van der Waals surface area contributed by atoms with Crippen molar-refractivity contribution in [3.05, 3.63) is 24.3 Å². The van der Waals surface area contributed by atoms with Crippen molar-refractivity contribution in [1.29, 1.82) is 0 Å². The van der Waals surface area contributed by atoms with Crippen LogP contribution in [0.5, 0.6) is 5.75 Å². The van der Waals surface area contributed by atoms with Crippen LogP contribution >= 0.6 is 0 Å². The minimum atomic E-state index is 0.650. The molecule has 1 saturated heterocycles. The molecule has 1 aliphatic heterocycles. The molecule has 1 N–H and O–H groups in total. The van der Waals surface area contributed by atoms with Gasteiger partial charge in [0.2, 0.25) is 0 Å². The zero-order valence-corrected chi connectivity index (χ0v) is 11.5. The summed E-state index contributed by atoms with van der Waals surface area (Å²) in [7, 11) is 0. The van der Waals surface area contributed by atoms with Crippen molar-refractivity contribution in [2.24, 2.45) is 0 Å². The third-order valence-electron chi connectivity index (χ3n) is 3.38. The molecule has 2 rings (SSSR count). The van der Waals surface area contributed by atoms with Crippen LogP contribution in [0, 0.1) is 0 Å². The summed E-state index contributed by atoms with van der Waals surface area (Å²) in [6.45, 7) is 8.35. The van der Waals surface area contributed by atoms with Crippen molar-refractivity contribution < 1.29 is 4.74 Å². The summed E-state index contributed by atoms with van der Waals surface area (Å²) < 4.78 is 5.47. The van der Waals surface area contributed by atoms with E-state index < -0.39 is 0 Å². The Labute approximate surface area is 110 Å². The normalized spacial score (nSPS) is 19.2. The van der Waals surface area contributed by atoms with Crippen LogP contribution in [0.1, 0.15) is 26.7 Å². The maximum atomic E-state index is 5.47. The Hall–Kier alpha value is -1.22. The standard InChI is InChI=1S/C15H24N2O/c1-3-10-16-13-9-11-17(12-13)14-5-7-15(8-6-14)18-4-2/h5-8,13,16H,3-4,9-12H2,1-2H3. The minimum absolute atomic E-state index is 0.650. The van der Waals surface area contributed by atoms with Gasteiger partial charge in [-0.15, -0.1) is 0 Å². The lowest BCUT2D eigenvalue weighted by Gasteiger charge is -2.19. The molecule has 0 radical (unpaired) electrons. The fourth-order valence-corrected chi connectivity index (χ4v) is 2.43. The van der Waals surface area contributed by atoms with Gasteiger partial charge in [0, 0.05) is 24.8 Å². The Morgan fingerprint density at radius 3 is 2.72 bits per heavy atom. The van der Waals surface area contributed by atoms with Gasteiger partial charge in [0.25, 0.3) is 0 Å². The highest BCUT2D eigenvalue weighted by Crippen LogP contribution is 2.23. The molecule has 1 aromatic rings. The predicted octanol–water partition coefficient (Wildman–Crippen LogP) is 2.66. The topological polar surface area (TPSA) is 24.5 Å². The van der Waals surface area contributed by atoms with Gasteiger partial charge in [-0.3, -0.25) is 0 Å². The van der Waals surface area contributed by atoms with Crippen LogP contribution in [0.4, 0.5) is 5.69 Å². The van der Waals surface area contributed by atoms with E-state index in [1.807, 2.05) is 6.92 Å². The Kier molecular flexibility index (Phi) is 4.88. The maximum absolute atomic E-state index is 5.47. The fraction of sp³-hybridized carbons (Fsp3) is 0.600. The molecule has 100 valence electrons. The molecule has 3 nitrogen and oxygen atoms in total. The molecule has 0 saturated carbocycles. The molecule has 3 heteroatoms. The first-order chi connectivity index (χ1) is 8.83. The summed E-state index contributed by atoms with van der Waals surface area (Å²) >= 11 is 0. The molecule has 0 amide bonds. The van der Waals surface area contributed by atoms with Crippen molar-refractivity contribution in [2.45, 2.75) is 32.7 Å². The highest BCUT2D eigenvalue weighted by Gasteiger charge is 2.21. The zero-order valence-electron chi connectivity index (χ0n) is 11.5. The predicted molar refractivity (Wildman–Crippen MR) is 76.5 cm³/mol. The lowest BCUT2D eigenvalue weighted by atomic mass is 10.2. The highest BCUT2D eigenvalue weighted by molar-refractivity contribution is 5.50. The lowest BCUT2D eigenvalue weighted by molar-refractivity contribution is 0.340. The van der Waals surface area contributed by atoms with Gasteiger partial charge >= 0.3 is 0 Å². The molecule has 18 heavy (non-hydrogen) atoms. The van der Waals surface area contributed by atoms with Crippen LogP contribution in [-0.4, -0.2) is 32.3 Å². The van der Waals surface area contributed by atoms with Crippen LogP contribution in [0.25, 0.3) is 0 Å².